The lowest BCUT2D eigenvalue weighted by atomic mass is 9.91. The maximum absolute atomic E-state index is 13.6. The molecule has 3 rings (SSSR count). The molecule has 0 radical (unpaired) electrons. The summed E-state index contributed by atoms with van der Waals surface area (Å²) in [5.41, 5.74) is -0.119. The average Bonchev–Trinajstić information content (AvgIpc) is 2.61. The van der Waals surface area contributed by atoms with Crippen LogP contribution in [0.5, 0.6) is 5.75 Å². The topological polar surface area (TPSA) is 61.8 Å². The average molecular weight is 372 g/mol. The lowest BCUT2D eigenvalue weighted by Gasteiger charge is -2.42. The quantitative estimate of drug-likeness (QED) is 0.847. The summed E-state index contributed by atoms with van der Waals surface area (Å²) in [6, 6.07) is 14.0. The molecule has 1 heterocycles. The molecule has 2 aromatic rings. The number of anilines is 1. The number of halogens is 1. The fourth-order valence-corrected chi connectivity index (χ4v) is 3.30. The van der Waals surface area contributed by atoms with E-state index < -0.39 is 5.60 Å². The van der Waals surface area contributed by atoms with Crippen LogP contribution in [0.3, 0.4) is 0 Å². The number of carbonyl (C=O) groups is 1. The number of benzene rings is 2. The second-order valence-electron chi connectivity index (χ2n) is 7.29. The fraction of sp³-hybridized carbons (Fsp3) is 0.381. The van der Waals surface area contributed by atoms with Crippen molar-refractivity contribution in [2.45, 2.75) is 32.0 Å². The summed E-state index contributed by atoms with van der Waals surface area (Å²) in [5, 5.41) is 13.5. The van der Waals surface area contributed by atoms with Crippen molar-refractivity contribution in [1.82, 2.24) is 4.90 Å². The monoisotopic (exact) mass is 372 g/mol. The van der Waals surface area contributed by atoms with Gasteiger partial charge in [-0.1, -0.05) is 24.3 Å². The van der Waals surface area contributed by atoms with Gasteiger partial charge in [-0.05, 0) is 50.1 Å². The summed E-state index contributed by atoms with van der Waals surface area (Å²) in [7, 11) is 0. The predicted octanol–water partition coefficient (Wildman–Crippen LogP) is 2.98. The number of aliphatic hydroxyl groups is 1. The lowest BCUT2D eigenvalue weighted by molar-refractivity contribution is -0.123. The van der Waals surface area contributed by atoms with Gasteiger partial charge in [0, 0.05) is 18.8 Å². The molecule has 144 valence electrons. The first kappa shape index (κ1) is 19.3. The van der Waals surface area contributed by atoms with Gasteiger partial charge in [0.05, 0.1) is 6.54 Å². The van der Waals surface area contributed by atoms with E-state index in [1.54, 1.807) is 26.0 Å². The Morgan fingerprint density at radius 1 is 1.33 bits per heavy atom. The van der Waals surface area contributed by atoms with Crippen molar-refractivity contribution >= 4 is 11.6 Å². The molecule has 6 heteroatoms. The molecule has 0 aromatic heterocycles. The maximum Gasteiger partial charge on any atom is 0.238 e. The zero-order valence-electron chi connectivity index (χ0n) is 15.6. The van der Waals surface area contributed by atoms with Crippen molar-refractivity contribution in [2.24, 2.45) is 0 Å². The molecule has 1 saturated heterocycles. The van der Waals surface area contributed by atoms with E-state index in [9.17, 15) is 14.3 Å². The Morgan fingerprint density at radius 2 is 2.07 bits per heavy atom. The Hall–Kier alpha value is -2.44. The summed E-state index contributed by atoms with van der Waals surface area (Å²) in [4.78, 5) is 14.2. The Labute approximate surface area is 158 Å². The predicted molar refractivity (Wildman–Crippen MR) is 102 cm³/mol. The maximum atomic E-state index is 13.6. The number of hydrogen-bond donors (Lipinski definition) is 2. The van der Waals surface area contributed by atoms with Crippen molar-refractivity contribution in [1.29, 1.82) is 0 Å². The van der Waals surface area contributed by atoms with Gasteiger partial charge in [-0.15, -0.1) is 0 Å². The smallest absolute Gasteiger partial charge is 0.238 e. The Bertz CT molecular complexity index is 795. The van der Waals surface area contributed by atoms with Gasteiger partial charge in [-0.25, -0.2) is 4.39 Å². The third-order valence-corrected chi connectivity index (χ3v) is 4.79. The molecule has 1 aliphatic heterocycles. The van der Waals surface area contributed by atoms with Crippen LogP contribution in [0.15, 0.2) is 48.5 Å². The van der Waals surface area contributed by atoms with Gasteiger partial charge >= 0.3 is 0 Å². The van der Waals surface area contributed by atoms with Crippen molar-refractivity contribution in [3.63, 3.8) is 0 Å². The summed E-state index contributed by atoms with van der Waals surface area (Å²) < 4.78 is 19.5. The number of hydrogen-bond acceptors (Lipinski definition) is 4. The first-order valence-corrected chi connectivity index (χ1v) is 9.06. The van der Waals surface area contributed by atoms with Crippen molar-refractivity contribution in [3.8, 4) is 5.75 Å². The van der Waals surface area contributed by atoms with Crippen LogP contribution in [0, 0.1) is 12.7 Å². The molecular formula is C21H25FN2O3. The number of ether oxygens (including phenoxy) is 1. The highest BCUT2D eigenvalue weighted by atomic mass is 19.1. The summed E-state index contributed by atoms with van der Waals surface area (Å²) in [5.74, 6) is 0.126. The number of carbonyl (C=O) groups excluding carboxylic acids is 1. The van der Waals surface area contributed by atoms with E-state index >= 15 is 0 Å². The molecule has 2 atom stereocenters. The number of aryl methyl sites for hydroxylation is 1. The van der Waals surface area contributed by atoms with E-state index in [0.717, 1.165) is 5.75 Å². The fourth-order valence-electron chi connectivity index (χ4n) is 3.30. The number of β-amino-alcohol motifs (C(OH)–C–C–N with tert-alkyl or cyclic N) is 1. The summed E-state index contributed by atoms with van der Waals surface area (Å²) >= 11 is 0. The van der Waals surface area contributed by atoms with Crippen LogP contribution in [0.25, 0.3) is 0 Å². The molecule has 1 amide bonds. The first-order valence-electron chi connectivity index (χ1n) is 9.06. The zero-order chi connectivity index (χ0) is 19.4. The standard InChI is InChI=1S/C21H25FN2O3/c1-15-8-9-16(12-18(15)22)23-20(25)13-24-11-10-19(21(2,26)14-24)27-17-6-4-3-5-7-17/h3-9,12,19,26H,10-11,13-14H2,1-2H3,(H,23,25)/t19-,21-/m0/s1. The van der Waals surface area contributed by atoms with E-state index in [1.165, 1.54) is 6.07 Å². The van der Waals surface area contributed by atoms with Crippen molar-refractivity contribution in [3.05, 3.63) is 59.9 Å². The number of nitrogens with zero attached hydrogens (tertiary/aromatic N) is 1. The largest absolute Gasteiger partial charge is 0.487 e. The lowest BCUT2D eigenvalue weighted by Crippen LogP contribution is -2.58. The molecule has 0 saturated carbocycles. The summed E-state index contributed by atoms with van der Waals surface area (Å²) in [6.45, 7) is 4.47. The molecule has 1 aliphatic rings. The van der Waals surface area contributed by atoms with Crippen molar-refractivity contribution < 1.29 is 19.0 Å². The normalized spacial score (nSPS) is 23.0. The third kappa shape index (κ3) is 5.05. The van der Waals surface area contributed by atoms with E-state index in [4.69, 9.17) is 4.74 Å². The molecule has 0 unspecified atom stereocenters. The van der Waals surface area contributed by atoms with Crippen LogP contribution in [0.4, 0.5) is 10.1 Å². The molecule has 0 bridgehead atoms. The molecular weight excluding hydrogens is 347 g/mol. The van der Waals surface area contributed by atoms with Crippen LogP contribution >= 0.6 is 0 Å². The van der Waals surface area contributed by atoms with Gasteiger partial charge in [0.25, 0.3) is 0 Å². The minimum Gasteiger partial charge on any atom is -0.487 e. The van der Waals surface area contributed by atoms with Gasteiger partial charge in [-0.3, -0.25) is 9.69 Å². The van der Waals surface area contributed by atoms with Crippen LogP contribution in [0.2, 0.25) is 0 Å². The molecule has 0 spiro atoms. The van der Waals surface area contributed by atoms with E-state index in [1.807, 2.05) is 35.2 Å². The molecule has 5 nitrogen and oxygen atoms in total. The number of rotatable bonds is 5. The first-order chi connectivity index (χ1) is 12.8. The number of nitrogens with one attached hydrogen (secondary N) is 1. The Balaban J connectivity index is 1.55. The van der Waals surface area contributed by atoms with E-state index in [-0.39, 0.29) is 24.4 Å². The van der Waals surface area contributed by atoms with E-state index in [0.29, 0.717) is 30.8 Å². The van der Waals surface area contributed by atoms with Gasteiger partial charge in [0.2, 0.25) is 5.91 Å². The molecule has 2 aromatic carbocycles. The third-order valence-electron chi connectivity index (χ3n) is 4.79. The van der Waals surface area contributed by atoms with Crippen LogP contribution in [-0.4, -0.2) is 47.3 Å². The highest BCUT2D eigenvalue weighted by molar-refractivity contribution is 5.92. The second-order valence-corrected chi connectivity index (χ2v) is 7.29. The number of para-hydroxylation sites is 1. The van der Waals surface area contributed by atoms with Crippen molar-refractivity contribution in [2.75, 3.05) is 25.0 Å². The number of likely N-dealkylation sites (tertiary alicyclic amines) is 1. The highest BCUT2D eigenvalue weighted by Crippen LogP contribution is 2.26. The second kappa shape index (κ2) is 8.06. The number of piperidine rings is 1. The van der Waals surface area contributed by atoms with E-state index in [2.05, 4.69) is 5.32 Å². The Kier molecular flexibility index (Phi) is 5.77. The Morgan fingerprint density at radius 3 is 2.74 bits per heavy atom. The molecule has 2 N–H and O–H groups in total. The minimum absolute atomic E-state index is 0.129. The van der Waals surface area contributed by atoms with Crippen LogP contribution in [-0.2, 0) is 4.79 Å². The van der Waals surface area contributed by atoms with Gasteiger partial charge in [0.1, 0.15) is 23.3 Å². The SMILES string of the molecule is Cc1ccc(NC(=O)CN2CC[C@H](Oc3ccccc3)[C@@](C)(O)C2)cc1F. The molecule has 27 heavy (non-hydrogen) atoms. The van der Waals surface area contributed by atoms with Gasteiger partial charge in [0.15, 0.2) is 0 Å². The highest BCUT2D eigenvalue weighted by Gasteiger charge is 2.40. The minimum atomic E-state index is -1.08. The number of amides is 1. The zero-order valence-corrected chi connectivity index (χ0v) is 15.6. The van der Waals surface area contributed by atoms with Crippen LogP contribution in [0.1, 0.15) is 18.9 Å². The van der Waals surface area contributed by atoms with Gasteiger partial charge in [-0.2, -0.15) is 0 Å². The molecule has 0 aliphatic carbocycles. The molecule has 1 fully saturated rings. The van der Waals surface area contributed by atoms with Gasteiger partial charge < -0.3 is 15.2 Å². The van der Waals surface area contributed by atoms with Crippen LogP contribution < -0.4 is 10.1 Å². The summed E-state index contributed by atoms with van der Waals surface area (Å²) in [6.07, 6.45) is 0.263.